The number of hydrogen-bond donors (Lipinski definition) is 3. The molecule has 53 heavy (non-hydrogen) atoms. The molecule has 9 heteroatoms. The van der Waals surface area contributed by atoms with Crippen molar-refractivity contribution in [2.75, 3.05) is 40.9 Å². The molecule has 0 spiro atoms. The van der Waals surface area contributed by atoms with E-state index in [4.69, 9.17) is 9.05 Å². The average molecular weight is 772 g/mol. The van der Waals surface area contributed by atoms with Crippen molar-refractivity contribution in [1.29, 1.82) is 0 Å². The molecular formula is C44H88N2O6P+. The first-order valence-corrected chi connectivity index (χ1v) is 23.7. The molecule has 0 radical (unpaired) electrons. The van der Waals surface area contributed by atoms with Crippen LogP contribution in [-0.2, 0) is 18.4 Å². The summed E-state index contributed by atoms with van der Waals surface area (Å²) in [4.78, 5) is 23.1. The van der Waals surface area contributed by atoms with Gasteiger partial charge in [-0.1, -0.05) is 154 Å². The molecule has 0 rings (SSSR count). The number of allylic oxidation sites excluding steroid dienone is 4. The number of nitrogens with zero attached hydrogens (tertiary/aromatic N) is 1. The first kappa shape index (κ1) is 52.0. The number of likely N-dealkylation sites (N-methyl/N-ethyl adjacent to an activating group) is 1. The molecule has 1 amide bonds. The number of phosphoric acid groups is 1. The van der Waals surface area contributed by atoms with Crippen molar-refractivity contribution >= 4 is 13.7 Å². The summed E-state index contributed by atoms with van der Waals surface area (Å²) in [5, 5.41) is 13.9. The summed E-state index contributed by atoms with van der Waals surface area (Å²) in [6, 6.07) is -0.774. The van der Waals surface area contributed by atoms with E-state index in [1.807, 2.05) is 21.1 Å². The first-order valence-electron chi connectivity index (χ1n) is 22.2. The van der Waals surface area contributed by atoms with Crippen molar-refractivity contribution < 1.29 is 32.9 Å². The van der Waals surface area contributed by atoms with Crippen LogP contribution in [0.15, 0.2) is 24.3 Å². The number of carbonyl (C=O) groups is 1. The molecule has 0 saturated heterocycles. The summed E-state index contributed by atoms with van der Waals surface area (Å²) in [5.74, 6) is -0.157. The normalized spacial score (nSPS) is 14.6. The van der Waals surface area contributed by atoms with Gasteiger partial charge in [-0.3, -0.25) is 13.8 Å². The second-order valence-corrected chi connectivity index (χ2v) is 17.9. The maximum atomic E-state index is 12.9. The summed E-state index contributed by atoms with van der Waals surface area (Å²) < 4.78 is 23.6. The molecule has 1 unspecified atom stereocenters. The van der Waals surface area contributed by atoms with E-state index in [0.717, 1.165) is 44.9 Å². The fourth-order valence-corrected chi connectivity index (χ4v) is 7.06. The van der Waals surface area contributed by atoms with Crippen LogP contribution < -0.4 is 5.32 Å². The van der Waals surface area contributed by atoms with Gasteiger partial charge >= 0.3 is 7.82 Å². The van der Waals surface area contributed by atoms with Gasteiger partial charge in [0.25, 0.3) is 0 Å². The Hall–Kier alpha value is -1.02. The Kier molecular flexibility index (Phi) is 35.9. The number of rotatable bonds is 40. The number of phosphoric ester groups is 1. The zero-order valence-corrected chi connectivity index (χ0v) is 36.4. The quantitative estimate of drug-likeness (QED) is 0.0248. The zero-order chi connectivity index (χ0) is 39.3. The minimum Gasteiger partial charge on any atom is -0.391 e. The molecular weight excluding hydrogens is 683 g/mol. The van der Waals surface area contributed by atoms with Crippen molar-refractivity contribution in [1.82, 2.24) is 5.32 Å². The van der Waals surface area contributed by atoms with Crippen LogP contribution in [-0.4, -0.2) is 73.4 Å². The van der Waals surface area contributed by atoms with E-state index in [2.05, 4.69) is 43.5 Å². The number of carbonyl (C=O) groups excluding carboxylic acids is 1. The number of aliphatic hydroxyl groups excluding tert-OH is 1. The lowest BCUT2D eigenvalue weighted by atomic mass is 10.0. The van der Waals surface area contributed by atoms with Gasteiger partial charge in [-0.15, -0.1) is 0 Å². The van der Waals surface area contributed by atoms with E-state index >= 15 is 0 Å². The van der Waals surface area contributed by atoms with E-state index < -0.39 is 20.0 Å². The van der Waals surface area contributed by atoms with Gasteiger partial charge in [-0.05, 0) is 64.2 Å². The monoisotopic (exact) mass is 772 g/mol. The van der Waals surface area contributed by atoms with Gasteiger partial charge < -0.3 is 19.8 Å². The van der Waals surface area contributed by atoms with Crippen molar-refractivity contribution in [3.8, 4) is 0 Å². The lowest BCUT2D eigenvalue weighted by Crippen LogP contribution is -2.46. The Morgan fingerprint density at radius 1 is 0.623 bits per heavy atom. The molecule has 0 fully saturated rings. The molecule has 0 aliphatic carbocycles. The van der Waals surface area contributed by atoms with Gasteiger partial charge in [0.05, 0.1) is 39.9 Å². The number of amides is 1. The zero-order valence-electron chi connectivity index (χ0n) is 35.5. The third kappa shape index (κ3) is 39.0. The second kappa shape index (κ2) is 36.6. The van der Waals surface area contributed by atoms with E-state index in [9.17, 15) is 19.4 Å². The van der Waals surface area contributed by atoms with Crippen LogP contribution in [0, 0.1) is 0 Å². The number of unbranched alkanes of at least 4 members (excludes halogenated alkanes) is 23. The highest BCUT2D eigenvalue weighted by molar-refractivity contribution is 7.47. The number of aliphatic hydroxyl groups is 1. The van der Waals surface area contributed by atoms with Crippen LogP contribution in [0.2, 0.25) is 0 Å². The predicted molar refractivity (Wildman–Crippen MR) is 226 cm³/mol. The Balaban J connectivity index is 4.34. The van der Waals surface area contributed by atoms with Gasteiger partial charge in [0.15, 0.2) is 0 Å². The SMILES string of the molecule is CCCCCCCC/C=C/CCCCCCCCCCCC(=O)N[C@@H](COP(=O)(O)OCC[N+](C)(C)C)[C@H](O)CCCC/C=C/CCCCCCCC. The van der Waals surface area contributed by atoms with E-state index in [1.165, 1.54) is 128 Å². The summed E-state index contributed by atoms with van der Waals surface area (Å²) >= 11 is 0. The molecule has 0 saturated carbocycles. The van der Waals surface area contributed by atoms with Crippen LogP contribution in [0.4, 0.5) is 0 Å². The molecule has 0 aliphatic heterocycles. The molecule has 0 heterocycles. The minimum atomic E-state index is -4.32. The fraction of sp³-hybridized carbons (Fsp3) is 0.886. The Morgan fingerprint density at radius 3 is 1.45 bits per heavy atom. The summed E-state index contributed by atoms with van der Waals surface area (Å²) in [6.45, 7) is 4.84. The molecule has 0 aromatic heterocycles. The van der Waals surface area contributed by atoms with Gasteiger partial charge in [0.1, 0.15) is 13.2 Å². The number of hydrogen-bond acceptors (Lipinski definition) is 5. The summed E-state index contributed by atoms with van der Waals surface area (Å²) in [5.41, 5.74) is 0. The van der Waals surface area contributed by atoms with E-state index in [1.54, 1.807) is 0 Å². The smallest absolute Gasteiger partial charge is 0.391 e. The van der Waals surface area contributed by atoms with Gasteiger partial charge in [0.2, 0.25) is 5.91 Å². The fourth-order valence-electron chi connectivity index (χ4n) is 6.33. The van der Waals surface area contributed by atoms with Gasteiger partial charge in [-0.2, -0.15) is 0 Å². The maximum absolute atomic E-state index is 12.9. The van der Waals surface area contributed by atoms with E-state index in [-0.39, 0.29) is 19.1 Å². The summed E-state index contributed by atoms with van der Waals surface area (Å²) in [7, 11) is 1.60. The molecule has 0 aromatic carbocycles. The third-order valence-electron chi connectivity index (χ3n) is 9.92. The van der Waals surface area contributed by atoms with Crippen molar-refractivity contribution in [2.45, 2.75) is 212 Å². The Morgan fingerprint density at radius 2 is 1.02 bits per heavy atom. The van der Waals surface area contributed by atoms with Crippen LogP contribution in [0.5, 0.6) is 0 Å². The van der Waals surface area contributed by atoms with Crippen molar-refractivity contribution in [3.05, 3.63) is 24.3 Å². The number of nitrogens with one attached hydrogen (secondary N) is 1. The maximum Gasteiger partial charge on any atom is 0.472 e. The molecule has 0 bridgehead atoms. The van der Waals surface area contributed by atoms with E-state index in [0.29, 0.717) is 23.9 Å². The summed E-state index contributed by atoms with van der Waals surface area (Å²) in [6.07, 6.45) is 42.0. The molecule has 3 N–H and O–H groups in total. The van der Waals surface area contributed by atoms with Crippen molar-refractivity contribution in [3.63, 3.8) is 0 Å². The molecule has 0 aromatic rings. The molecule has 3 atom stereocenters. The number of quaternary nitrogens is 1. The van der Waals surface area contributed by atoms with Crippen LogP contribution in [0.25, 0.3) is 0 Å². The van der Waals surface area contributed by atoms with Crippen LogP contribution >= 0.6 is 7.82 Å². The highest BCUT2D eigenvalue weighted by Gasteiger charge is 2.28. The lowest BCUT2D eigenvalue weighted by Gasteiger charge is -2.26. The molecule has 0 aliphatic rings. The van der Waals surface area contributed by atoms with Crippen LogP contribution in [0.3, 0.4) is 0 Å². The van der Waals surface area contributed by atoms with Gasteiger partial charge in [-0.25, -0.2) is 4.57 Å². The largest absolute Gasteiger partial charge is 0.472 e. The van der Waals surface area contributed by atoms with Crippen LogP contribution in [0.1, 0.15) is 200 Å². The molecule has 8 nitrogen and oxygen atoms in total. The molecule has 314 valence electrons. The highest BCUT2D eigenvalue weighted by Crippen LogP contribution is 2.43. The van der Waals surface area contributed by atoms with Gasteiger partial charge in [0, 0.05) is 6.42 Å². The Labute approximate surface area is 328 Å². The van der Waals surface area contributed by atoms with Crippen molar-refractivity contribution in [2.24, 2.45) is 0 Å². The topological polar surface area (TPSA) is 105 Å². The minimum absolute atomic E-state index is 0.0697. The Bertz CT molecular complexity index is 922. The predicted octanol–water partition coefficient (Wildman–Crippen LogP) is 12.1. The lowest BCUT2D eigenvalue weighted by molar-refractivity contribution is -0.870. The first-order chi connectivity index (χ1) is 25.5. The standard InChI is InChI=1S/C44H87N2O6P/c1-6-8-10-12-14-16-18-20-21-22-23-24-25-26-28-30-32-34-36-38-44(48)45-42(41-52-53(49,50)51-40-39-46(3,4)5)43(47)37-35-33-31-29-27-19-17-15-13-11-9-7-2/h20-21,27,29,42-43,47H,6-19,22-26,28,30-41H2,1-5H3,(H-,45,48,49,50)/p+1/b21-20+,29-27+/t42-,43+/m0/s1. The average Bonchev–Trinajstić information content (AvgIpc) is 3.10. The second-order valence-electron chi connectivity index (χ2n) is 16.4. The highest BCUT2D eigenvalue weighted by atomic mass is 31.2. The third-order valence-corrected chi connectivity index (χ3v) is 10.9.